The predicted octanol–water partition coefficient (Wildman–Crippen LogP) is 0.529. The summed E-state index contributed by atoms with van der Waals surface area (Å²) < 4.78 is 4.93. The maximum Gasteiger partial charge on any atom is 0.0926 e. The molecule has 1 rings (SSSR count). The molecule has 0 unspecified atom stereocenters. The lowest BCUT2D eigenvalue weighted by Crippen LogP contribution is -2.13. The number of allylic oxidation sites excluding steroid dienone is 1. The number of hydrogen-bond donors (Lipinski definition) is 1. The highest BCUT2D eigenvalue weighted by atomic mass is 16.5. The molecule has 0 aromatic heterocycles. The molecule has 0 aromatic rings. The van der Waals surface area contributed by atoms with Crippen LogP contribution in [-0.4, -0.2) is 18.3 Å². The zero-order valence-corrected chi connectivity index (χ0v) is 4.71. The minimum absolute atomic E-state index is 0.240. The van der Waals surface area contributed by atoms with E-state index in [1.807, 2.05) is 6.08 Å². The second-order valence-corrected chi connectivity index (χ2v) is 1.99. The quantitative estimate of drug-likeness (QED) is 0.538. The van der Waals surface area contributed by atoms with Crippen LogP contribution in [0.3, 0.4) is 0 Å². The summed E-state index contributed by atoms with van der Waals surface area (Å²) in [4.78, 5) is 0. The molecule has 0 saturated carbocycles. The van der Waals surface area contributed by atoms with Gasteiger partial charge >= 0.3 is 0 Å². The van der Waals surface area contributed by atoms with E-state index in [4.69, 9.17) is 9.84 Å². The van der Waals surface area contributed by atoms with Crippen LogP contribution in [0.1, 0.15) is 6.42 Å². The Morgan fingerprint density at radius 1 is 1.75 bits per heavy atom. The Hall–Kier alpha value is -0.500. The van der Waals surface area contributed by atoms with Gasteiger partial charge < -0.3 is 9.84 Å². The maximum absolute atomic E-state index is 8.58. The van der Waals surface area contributed by atoms with Crippen LogP contribution in [0.25, 0.3) is 0 Å². The number of rotatable bonds is 1. The van der Waals surface area contributed by atoms with Gasteiger partial charge in [-0.1, -0.05) is 0 Å². The molecule has 46 valence electrons. The lowest BCUT2D eigenvalue weighted by Gasteiger charge is -2.14. The van der Waals surface area contributed by atoms with E-state index >= 15 is 0 Å². The zero-order chi connectivity index (χ0) is 5.82. The van der Waals surface area contributed by atoms with E-state index in [1.54, 1.807) is 6.26 Å². The van der Waals surface area contributed by atoms with Gasteiger partial charge in [0.15, 0.2) is 0 Å². The molecule has 1 heterocycles. The van der Waals surface area contributed by atoms with Crippen LogP contribution in [0.4, 0.5) is 0 Å². The summed E-state index contributed by atoms with van der Waals surface area (Å²) in [5.41, 5.74) is 0. The summed E-state index contributed by atoms with van der Waals surface area (Å²) in [6, 6.07) is 0. The lowest BCUT2D eigenvalue weighted by molar-refractivity contribution is 0.123. The third-order valence-corrected chi connectivity index (χ3v) is 1.25. The van der Waals surface area contributed by atoms with E-state index in [1.165, 1.54) is 0 Å². The van der Waals surface area contributed by atoms with E-state index in [9.17, 15) is 0 Å². The first-order valence-corrected chi connectivity index (χ1v) is 2.81. The van der Waals surface area contributed by atoms with Crippen molar-refractivity contribution >= 4 is 0 Å². The highest BCUT2D eigenvalue weighted by molar-refractivity contribution is 4.81. The fourth-order valence-electron chi connectivity index (χ4n) is 0.703. The van der Waals surface area contributed by atoms with Gasteiger partial charge in [-0.05, 0) is 12.5 Å². The third kappa shape index (κ3) is 1.23. The molecule has 1 aliphatic rings. The van der Waals surface area contributed by atoms with Crippen LogP contribution in [-0.2, 0) is 4.74 Å². The van der Waals surface area contributed by atoms with E-state index in [0.717, 1.165) is 6.42 Å². The Balaban J connectivity index is 2.27. The van der Waals surface area contributed by atoms with Crippen LogP contribution in [0.15, 0.2) is 12.3 Å². The minimum Gasteiger partial charge on any atom is -0.501 e. The van der Waals surface area contributed by atoms with Gasteiger partial charge in [0.1, 0.15) is 0 Å². The SMILES string of the molecule is OC[C@@H]1CC=COC1. The van der Waals surface area contributed by atoms with Gasteiger partial charge in [-0.15, -0.1) is 0 Å². The molecule has 1 N–H and O–H groups in total. The van der Waals surface area contributed by atoms with Crippen molar-refractivity contribution in [1.82, 2.24) is 0 Å². The largest absolute Gasteiger partial charge is 0.501 e. The number of aliphatic hydroxyl groups excluding tert-OH is 1. The second kappa shape index (κ2) is 2.72. The third-order valence-electron chi connectivity index (χ3n) is 1.25. The molecule has 0 aliphatic carbocycles. The van der Waals surface area contributed by atoms with Crippen molar-refractivity contribution in [3.8, 4) is 0 Å². The van der Waals surface area contributed by atoms with Crippen molar-refractivity contribution in [3.05, 3.63) is 12.3 Å². The molecule has 0 amide bonds. The Labute approximate surface area is 48.8 Å². The van der Waals surface area contributed by atoms with Crippen LogP contribution in [0.5, 0.6) is 0 Å². The van der Waals surface area contributed by atoms with Gasteiger partial charge in [-0.2, -0.15) is 0 Å². The molecule has 8 heavy (non-hydrogen) atoms. The van der Waals surface area contributed by atoms with Crippen molar-refractivity contribution in [3.63, 3.8) is 0 Å². The molecule has 1 atom stereocenters. The van der Waals surface area contributed by atoms with Gasteiger partial charge in [0, 0.05) is 12.5 Å². The monoisotopic (exact) mass is 114 g/mol. The molecule has 2 heteroatoms. The smallest absolute Gasteiger partial charge is 0.0926 e. The van der Waals surface area contributed by atoms with Crippen LogP contribution < -0.4 is 0 Å². The topological polar surface area (TPSA) is 29.5 Å². The molecular weight excluding hydrogens is 104 g/mol. The Morgan fingerprint density at radius 2 is 2.62 bits per heavy atom. The Morgan fingerprint density at radius 3 is 3.00 bits per heavy atom. The van der Waals surface area contributed by atoms with Crippen LogP contribution >= 0.6 is 0 Å². The lowest BCUT2D eigenvalue weighted by atomic mass is 10.1. The molecule has 1 aliphatic heterocycles. The molecule has 0 bridgehead atoms. The first kappa shape index (κ1) is 5.63. The molecule has 2 nitrogen and oxygen atoms in total. The van der Waals surface area contributed by atoms with Gasteiger partial charge in [-0.3, -0.25) is 0 Å². The van der Waals surface area contributed by atoms with Crippen LogP contribution in [0, 0.1) is 5.92 Å². The van der Waals surface area contributed by atoms with Gasteiger partial charge in [0.2, 0.25) is 0 Å². The standard InChI is InChI=1S/C6H10O2/c7-4-6-2-1-3-8-5-6/h1,3,6-7H,2,4-5H2/t6-/m0/s1. The van der Waals surface area contributed by atoms with Gasteiger partial charge in [-0.25, -0.2) is 0 Å². The number of aliphatic hydroxyl groups is 1. The van der Waals surface area contributed by atoms with E-state index in [0.29, 0.717) is 12.5 Å². The summed E-state index contributed by atoms with van der Waals surface area (Å²) in [5.74, 6) is 0.333. The summed E-state index contributed by atoms with van der Waals surface area (Å²) in [5, 5.41) is 8.58. The average Bonchev–Trinajstić information content (AvgIpc) is 1.90. The van der Waals surface area contributed by atoms with Crippen molar-refractivity contribution in [2.75, 3.05) is 13.2 Å². The molecule has 0 spiro atoms. The first-order chi connectivity index (χ1) is 3.93. The van der Waals surface area contributed by atoms with Crippen molar-refractivity contribution < 1.29 is 9.84 Å². The highest BCUT2D eigenvalue weighted by Gasteiger charge is 2.07. The summed E-state index contributed by atoms with van der Waals surface area (Å²) in [7, 11) is 0. The van der Waals surface area contributed by atoms with E-state index in [2.05, 4.69) is 0 Å². The van der Waals surface area contributed by atoms with Crippen LogP contribution in [0.2, 0.25) is 0 Å². The molecule has 0 radical (unpaired) electrons. The minimum atomic E-state index is 0.240. The maximum atomic E-state index is 8.58. The summed E-state index contributed by atoms with van der Waals surface area (Å²) in [6.45, 7) is 0.914. The van der Waals surface area contributed by atoms with Gasteiger partial charge in [0.25, 0.3) is 0 Å². The Kier molecular flexibility index (Phi) is 1.92. The normalized spacial score (nSPS) is 27.4. The molecule has 0 aromatic carbocycles. The van der Waals surface area contributed by atoms with E-state index in [-0.39, 0.29) is 6.61 Å². The average molecular weight is 114 g/mol. The Bertz CT molecular complexity index is 88.5. The van der Waals surface area contributed by atoms with Gasteiger partial charge in [0.05, 0.1) is 12.9 Å². The second-order valence-electron chi connectivity index (χ2n) is 1.99. The zero-order valence-electron chi connectivity index (χ0n) is 4.71. The highest BCUT2D eigenvalue weighted by Crippen LogP contribution is 2.08. The fraction of sp³-hybridized carbons (Fsp3) is 0.667. The van der Waals surface area contributed by atoms with E-state index < -0.39 is 0 Å². The van der Waals surface area contributed by atoms with Crippen molar-refractivity contribution in [2.45, 2.75) is 6.42 Å². The first-order valence-electron chi connectivity index (χ1n) is 2.81. The number of ether oxygens (including phenoxy) is 1. The molecule has 0 saturated heterocycles. The van der Waals surface area contributed by atoms with Crippen molar-refractivity contribution in [1.29, 1.82) is 0 Å². The number of hydrogen-bond acceptors (Lipinski definition) is 2. The molecular formula is C6H10O2. The predicted molar refractivity (Wildman–Crippen MR) is 30.3 cm³/mol. The van der Waals surface area contributed by atoms with Crippen molar-refractivity contribution in [2.24, 2.45) is 5.92 Å². The summed E-state index contributed by atoms with van der Waals surface area (Å²) >= 11 is 0. The summed E-state index contributed by atoms with van der Waals surface area (Å²) in [6.07, 6.45) is 4.58. The molecule has 0 fully saturated rings. The fourth-order valence-corrected chi connectivity index (χ4v) is 0.703.